The van der Waals surface area contributed by atoms with Gasteiger partial charge < -0.3 is 5.32 Å². The van der Waals surface area contributed by atoms with Crippen molar-refractivity contribution in [2.45, 2.75) is 50.5 Å². The topological polar surface area (TPSA) is 29.1 Å². The highest BCUT2D eigenvalue weighted by Crippen LogP contribution is 2.30. The van der Waals surface area contributed by atoms with Gasteiger partial charge in [-0.3, -0.25) is 4.79 Å². The molecular formula is C16H22BrNOS. The van der Waals surface area contributed by atoms with Crippen LogP contribution < -0.4 is 5.32 Å². The van der Waals surface area contributed by atoms with E-state index in [2.05, 4.69) is 47.7 Å². The van der Waals surface area contributed by atoms with E-state index < -0.39 is 0 Å². The quantitative estimate of drug-likeness (QED) is 0.757. The number of rotatable bonds is 3. The van der Waals surface area contributed by atoms with E-state index in [4.69, 9.17) is 0 Å². The highest BCUT2D eigenvalue weighted by atomic mass is 79.9. The summed E-state index contributed by atoms with van der Waals surface area (Å²) in [4.78, 5) is 13.3. The van der Waals surface area contributed by atoms with Gasteiger partial charge in [-0.25, -0.2) is 0 Å². The number of amides is 1. The highest BCUT2D eigenvalue weighted by Gasteiger charge is 2.29. The Morgan fingerprint density at radius 2 is 2.05 bits per heavy atom. The number of carbonyl (C=O) groups is 1. The lowest BCUT2D eigenvalue weighted by Crippen LogP contribution is -2.44. The molecule has 1 aliphatic rings. The second-order valence-electron chi connectivity index (χ2n) is 5.94. The van der Waals surface area contributed by atoms with E-state index in [1.165, 1.54) is 19.3 Å². The number of hydrogen-bond donors (Lipinski definition) is 2. The van der Waals surface area contributed by atoms with Gasteiger partial charge in [0, 0.05) is 15.4 Å². The standard InChI is InChI=1S/C16H22BrNOS/c1-10(2)12-5-3-4-6-15(12)18-16(19)13-9-11(20)7-8-14(13)17/h7-10,12,15,20H,3-6H2,1-2H3,(H,18,19). The fourth-order valence-electron chi connectivity index (χ4n) is 3.07. The van der Waals surface area contributed by atoms with E-state index in [1.807, 2.05) is 18.2 Å². The van der Waals surface area contributed by atoms with Crippen LogP contribution in [0.4, 0.5) is 0 Å². The van der Waals surface area contributed by atoms with Gasteiger partial charge in [0.15, 0.2) is 0 Å². The minimum atomic E-state index is 0.00493. The van der Waals surface area contributed by atoms with Crippen molar-refractivity contribution in [1.82, 2.24) is 5.32 Å². The molecule has 0 bridgehead atoms. The Hall–Kier alpha value is -0.480. The summed E-state index contributed by atoms with van der Waals surface area (Å²) in [7, 11) is 0. The molecule has 2 nitrogen and oxygen atoms in total. The van der Waals surface area contributed by atoms with E-state index in [9.17, 15) is 4.79 Å². The largest absolute Gasteiger partial charge is 0.349 e. The predicted octanol–water partition coefficient (Wildman–Crippen LogP) is 4.68. The van der Waals surface area contributed by atoms with Crippen molar-refractivity contribution in [3.8, 4) is 0 Å². The molecule has 1 amide bonds. The second-order valence-corrected chi connectivity index (χ2v) is 7.31. The van der Waals surface area contributed by atoms with Gasteiger partial charge in [0.1, 0.15) is 0 Å². The number of carbonyl (C=O) groups excluding carboxylic acids is 1. The lowest BCUT2D eigenvalue weighted by Gasteiger charge is -2.35. The van der Waals surface area contributed by atoms with Gasteiger partial charge in [-0.15, -0.1) is 12.6 Å². The molecule has 1 aromatic carbocycles. The zero-order chi connectivity index (χ0) is 14.7. The van der Waals surface area contributed by atoms with Crippen LogP contribution in [-0.2, 0) is 0 Å². The third-order valence-electron chi connectivity index (χ3n) is 4.19. The van der Waals surface area contributed by atoms with Crippen LogP contribution in [0.1, 0.15) is 49.9 Å². The number of thiol groups is 1. The van der Waals surface area contributed by atoms with Crippen LogP contribution in [-0.4, -0.2) is 11.9 Å². The molecule has 0 heterocycles. The first-order valence-electron chi connectivity index (χ1n) is 7.28. The maximum atomic E-state index is 12.5. The van der Waals surface area contributed by atoms with Gasteiger partial charge in [0.05, 0.1) is 5.56 Å². The molecule has 1 fully saturated rings. The molecule has 0 radical (unpaired) electrons. The Labute approximate surface area is 135 Å². The van der Waals surface area contributed by atoms with Crippen molar-refractivity contribution >= 4 is 34.5 Å². The molecule has 0 spiro atoms. The summed E-state index contributed by atoms with van der Waals surface area (Å²) in [5, 5.41) is 3.23. The molecule has 0 aromatic heterocycles. The normalized spacial score (nSPS) is 22.9. The fraction of sp³-hybridized carbons (Fsp3) is 0.562. The van der Waals surface area contributed by atoms with Gasteiger partial charge in [-0.2, -0.15) is 0 Å². The number of halogens is 1. The molecule has 2 rings (SSSR count). The maximum absolute atomic E-state index is 12.5. The van der Waals surface area contributed by atoms with E-state index in [0.717, 1.165) is 15.8 Å². The smallest absolute Gasteiger partial charge is 0.252 e. The molecule has 1 N–H and O–H groups in total. The third-order valence-corrected chi connectivity index (χ3v) is 5.16. The van der Waals surface area contributed by atoms with Gasteiger partial charge >= 0.3 is 0 Å². The second kappa shape index (κ2) is 6.99. The average Bonchev–Trinajstić information content (AvgIpc) is 2.41. The van der Waals surface area contributed by atoms with Crippen molar-refractivity contribution in [2.24, 2.45) is 11.8 Å². The number of nitrogens with one attached hydrogen (secondary N) is 1. The Morgan fingerprint density at radius 3 is 2.75 bits per heavy atom. The van der Waals surface area contributed by atoms with Gasteiger partial charge in [-0.1, -0.05) is 26.7 Å². The molecule has 1 aliphatic carbocycles. The first kappa shape index (κ1) is 15.9. The lowest BCUT2D eigenvalue weighted by atomic mass is 9.78. The molecular weight excluding hydrogens is 334 g/mol. The molecule has 1 saturated carbocycles. The van der Waals surface area contributed by atoms with E-state index >= 15 is 0 Å². The fourth-order valence-corrected chi connectivity index (χ4v) is 3.70. The maximum Gasteiger partial charge on any atom is 0.252 e. The first-order chi connectivity index (χ1) is 9.49. The third kappa shape index (κ3) is 3.79. The zero-order valence-electron chi connectivity index (χ0n) is 12.0. The van der Waals surface area contributed by atoms with Crippen molar-refractivity contribution < 1.29 is 4.79 Å². The minimum Gasteiger partial charge on any atom is -0.349 e. The van der Waals surface area contributed by atoms with Crippen LogP contribution in [0.5, 0.6) is 0 Å². The van der Waals surface area contributed by atoms with E-state index in [0.29, 0.717) is 23.4 Å². The Bertz CT molecular complexity index is 489. The first-order valence-corrected chi connectivity index (χ1v) is 8.52. The molecule has 20 heavy (non-hydrogen) atoms. The van der Waals surface area contributed by atoms with Crippen LogP contribution in [0.25, 0.3) is 0 Å². The summed E-state index contributed by atoms with van der Waals surface area (Å²) in [6, 6.07) is 5.86. The molecule has 2 atom stereocenters. The molecule has 1 aromatic rings. The van der Waals surface area contributed by atoms with Crippen molar-refractivity contribution in [2.75, 3.05) is 0 Å². The van der Waals surface area contributed by atoms with Gasteiger partial charge in [0.25, 0.3) is 5.91 Å². The summed E-state index contributed by atoms with van der Waals surface area (Å²) in [5.41, 5.74) is 0.672. The van der Waals surface area contributed by atoms with Crippen LogP contribution in [0.2, 0.25) is 0 Å². The number of benzene rings is 1. The van der Waals surface area contributed by atoms with Crippen LogP contribution in [0, 0.1) is 11.8 Å². The highest BCUT2D eigenvalue weighted by molar-refractivity contribution is 9.10. The predicted molar refractivity (Wildman–Crippen MR) is 89.4 cm³/mol. The van der Waals surface area contributed by atoms with Crippen molar-refractivity contribution in [3.63, 3.8) is 0 Å². The monoisotopic (exact) mass is 355 g/mol. The molecule has 4 heteroatoms. The molecule has 0 aliphatic heterocycles. The van der Waals surface area contributed by atoms with Crippen molar-refractivity contribution in [3.05, 3.63) is 28.2 Å². The van der Waals surface area contributed by atoms with E-state index in [1.54, 1.807) is 0 Å². The molecule has 110 valence electrons. The van der Waals surface area contributed by atoms with Gasteiger partial charge in [-0.05, 0) is 58.8 Å². The summed E-state index contributed by atoms with van der Waals surface area (Å²) in [6.45, 7) is 4.50. The van der Waals surface area contributed by atoms with E-state index in [-0.39, 0.29) is 5.91 Å². The lowest BCUT2D eigenvalue weighted by molar-refractivity contribution is 0.0888. The molecule has 0 saturated heterocycles. The Balaban J connectivity index is 2.11. The summed E-state index contributed by atoms with van der Waals surface area (Å²) in [6.07, 6.45) is 4.80. The van der Waals surface area contributed by atoms with Crippen LogP contribution >= 0.6 is 28.6 Å². The van der Waals surface area contributed by atoms with Crippen LogP contribution in [0.15, 0.2) is 27.6 Å². The average molecular weight is 356 g/mol. The summed E-state index contributed by atoms with van der Waals surface area (Å²) in [5.74, 6) is 1.20. The number of hydrogen-bond acceptors (Lipinski definition) is 2. The summed E-state index contributed by atoms with van der Waals surface area (Å²) < 4.78 is 0.824. The molecule has 2 unspecified atom stereocenters. The van der Waals surface area contributed by atoms with Gasteiger partial charge in [0.2, 0.25) is 0 Å². The Kier molecular flexibility index (Phi) is 5.56. The van der Waals surface area contributed by atoms with Crippen molar-refractivity contribution in [1.29, 1.82) is 0 Å². The van der Waals surface area contributed by atoms with Crippen LogP contribution in [0.3, 0.4) is 0 Å². The SMILES string of the molecule is CC(C)C1CCCCC1NC(=O)c1cc(S)ccc1Br. The zero-order valence-corrected chi connectivity index (χ0v) is 14.5. The Morgan fingerprint density at radius 1 is 1.35 bits per heavy atom. The summed E-state index contributed by atoms with van der Waals surface area (Å²) >= 11 is 7.76. The minimum absolute atomic E-state index is 0.00493.